The molecule has 0 radical (unpaired) electrons. The Kier molecular flexibility index (Phi) is 6.80. The van der Waals surface area contributed by atoms with Gasteiger partial charge >= 0.3 is 0 Å². The van der Waals surface area contributed by atoms with Crippen molar-refractivity contribution >= 4 is 15.7 Å². The van der Waals surface area contributed by atoms with Gasteiger partial charge in [-0.3, -0.25) is 4.90 Å². The number of likely N-dealkylation sites (N-methyl/N-ethyl adjacent to an activating group) is 1. The van der Waals surface area contributed by atoms with E-state index in [0.717, 1.165) is 0 Å². The van der Waals surface area contributed by atoms with E-state index in [9.17, 15) is 13.5 Å². The average Bonchev–Trinajstić information content (AvgIpc) is 2.38. The first-order valence-electron chi connectivity index (χ1n) is 7.36. The van der Waals surface area contributed by atoms with Crippen LogP contribution < -0.4 is 10.5 Å². The van der Waals surface area contributed by atoms with Crippen molar-refractivity contribution in [1.29, 1.82) is 0 Å². The van der Waals surface area contributed by atoms with Crippen molar-refractivity contribution in [3.8, 4) is 0 Å². The number of aliphatic hydroxyl groups excluding tert-OH is 1. The zero-order valence-electron chi connectivity index (χ0n) is 13.7. The highest BCUT2D eigenvalue weighted by molar-refractivity contribution is 7.89. The number of aliphatic hydroxyl groups is 1. The summed E-state index contributed by atoms with van der Waals surface area (Å²) in [4.78, 5) is 2.17. The van der Waals surface area contributed by atoms with Gasteiger partial charge in [0, 0.05) is 24.3 Å². The fourth-order valence-corrected chi connectivity index (χ4v) is 3.68. The van der Waals surface area contributed by atoms with Crippen LogP contribution >= 0.6 is 0 Å². The molecule has 0 aliphatic heterocycles. The van der Waals surface area contributed by atoms with Gasteiger partial charge in [-0.25, -0.2) is 13.1 Å². The third-order valence-corrected chi connectivity index (χ3v) is 5.24. The van der Waals surface area contributed by atoms with Crippen LogP contribution in [0, 0.1) is 5.92 Å². The number of nitrogens with zero attached hydrogens (tertiary/aromatic N) is 1. The SMILES string of the molecule is CC(C)[C@@H](CO)N(C)C[C@@H](C)NS(=O)(=O)c1ccc(N)cc1. The molecule has 0 aliphatic carbocycles. The fourth-order valence-electron chi connectivity index (χ4n) is 2.44. The van der Waals surface area contributed by atoms with E-state index < -0.39 is 10.0 Å². The summed E-state index contributed by atoms with van der Waals surface area (Å²) in [5.74, 6) is 0.288. The minimum absolute atomic E-state index is 0.00322. The lowest BCUT2D eigenvalue weighted by Gasteiger charge is -2.31. The fraction of sp³-hybridized carbons (Fsp3) is 0.600. The molecule has 126 valence electrons. The van der Waals surface area contributed by atoms with Crippen molar-refractivity contribution in [2.24, 2.45) is 5.92 Å². The van der Waals surface area contributed by atoms with Crippen LogP contribution in [-0.2, 0) is 10.0 Å². The molecule has 0 saturated heterocycles. The maximum Gasteiger partial charge on any atom is 0.240 e. The van der Waals surface area contributed by atoms with Crippen LogP contribution in [0.5, 0.6) is 0 Å². The van der Waals surface area contributed by atoms with Gasteiger partial charge < -0.3 is 10.8 Å². The molecule has 0 heterocycles. The number of nitrogen functional groups attached to an aromatic ring is 1. The van der Waals surface area contributed by atoms with Gasteiger partial charge in [-0.15, -0.1) is 0 Å². The van der Waals surface area contributed by atoms with E-state index >= 15 is 0 Å². The summed E-state index contributed by atoms with van der Waals surface area (Å²) >= 11 is 0. The second-order valence-electron chi connectivity index (χ2n) is 6.02. The number of hydrogen-bond donors (Lipinski definition) is 3. The van der Waals surface area contributed by atoms with Crippen LogP contribution in [0.3, 0.4) is 0 Å². The first kappa shape index (κ1) is 18.9. The van der Waals surface area contributed by atoms with Crippen LogP contribution in [0.2, 0.25) is 0 Å². The minimum Gasteiger partial charge on any atom is -0.399 e. The second kappa shape index (κ2) is 7.92. The third-order valence-electron chi connectivity index (χ3n) is 3.63. The standard InChI is InChI=1S/C15H27N3O3S/c1-11(2)15(10-19)18(4)9-12(3)17-22(20,21)14-7-5-13(16)6-8-14/h5-8,11-12,15,17,19H,9-10,16H2,1-4H3/t12-,15-/m1/s1. The Morgan fingerprint density at radius 3 is 2.23 bits per heavy atom. The first-order valence-corrected chi connectivity index (χ1v) is 8.84. The van der Waals surface area contributed by atoms with Crippen molar-refractivity contribution in [1.82, 2.24) is 9.62 Å². The Morgan fingerprint density at radius 1 is 1.23 bits per heavy atom. The summed E-state index contributed by atoms with van der Waals surface area (Å²) in [6.07, 6.45) is 0. The Balaban J connectivity index is 2.71. The summed E-state index contributed by atoms with van der Waals surface area (Å²) in [7, 11) is -1.69. The molecule has 0 aromatic heterocycles. The highest BCUT2D eigenvalue weighted by Gasteiger charge is 2.22. The molecule has 6 nitrogen and oxygen atoms in total. The van der Waals surface area contributed by atoms with Gasteiger partial charge in [0.25, 0.3) is 0 Å². The molecule has 0 aliphatic rings. The van der Waals surface area contributed by atoms with Crippen LogP contribution in [0.4, 0.5) is 5.69 Å². The van der Waals surface area contributed by atoms with Gasteiger partial charge in [-0.1, -0.05) is 13.8 Å². The molecule has 2 atom stereocenters. The Morgan fingerprint density at radius 2 is 1.77 bits per heavy atom. The van der Waals surface area contributed by atoms with Crippen LogP contribution in [0.25, 0.3) is 0 Å². The minimum atomic E-state index is -3.57. The highest BCUT2D eigenvalue weighted by Crippen LogP contribution is 2.13. The number of hydrogen-bond acceptors (Lipinski definition) is 5. The topological polar surface area (TPSA) is 95.7 Å². The summed E-state index contributed by atoms with van der Waals surface area (Å²) in [6, 6.07) is 5.82. The predicted molar refractivity (Wildman–Crippen MR) is 89.0 cm³/mol. The largest absolute Gasteiger partial charge is 0.399 e. The maximum absolute atomic E-state index is 12.3. The Labute approximate surface area is 133 Å². The second-order valence-corrected chi connectivity index (χ2v) is 7.74. The molecule has 0 unspecified atom stereocenters. The lowest BCUT2D eigenvalue weighted by Crippen LogP contribution is -2.47. The summed E-state index contributed by atoms with van der Waals surface area (Å²) in [5.41, 5.74) is 6.09. The first-order chi connectivity index (χ1) is 10.2. The molecule has 0 amide bonds. The monoisotopic (exact) mass is 329 g/mol. The molecule has 0 saturated carbocycles. The van der Waals surface area contributed by atoms with E-state index in [0.29, 0.717) is 12.2 Å². The summed E-state index contributed by atoms with van der Waals surface area (Å²) in [5, 5.41) is 9.42. The molecular weight excluding hydrogens is 302 g/mol. The molecule has 22 heavy (non-hydrogen) atoms. The van der Waals surface area contributed by atoms with Gasteiger partial charge in [0.05, 0.1) is 11.5 Å². The molecule has 0 bridgehead atoms. The lowest BCUT2D eigenvalue weighted by molar-refractivity contribution is 0.108. The van der Waals surface area contributed by atoms with Crippen LogP contribution in [0.15, 0.2) is 29.2 Å². The number of nitrogens with two attached hydrogens (primary N) is 1. The number of sulfonamides is 1. The van der Waals surface area contributed by atoms with E-state index in [4.69, 9.17) is 5.73 Å². The van der Waals surface area contributed by atoms with Crippen molar-refractivity contribution in [3.63, 3.8) is 0 Å². The number of nitrogens with one attached hydrogen (secondary N) is 1. The molecule has 1 rings (SSSR count). The molecule has 7 heteroatoms. The van der Waals surface area contributed by atoms with Crippen molar-refractivity contribution in [2.45, 2.75) is 37.8 Å². The van der Waals surface area contributed by atoms with Crippen molar-refractivity contribution in [3.05, 3.63) is 24.3 Å². The molecular formula is C15H27N3O3S. The van der Waals surface area contributed by atoms with Gasteiger partial charge in [-0.05, 0) is 44.2 Å². The van der Waals surface area contributed by atoms with E-state index in [1.165, 1.54) is 12.1 Å². The predicted octanol–water partition coefficient (Wildman–Crippen LogP) is 0.884. The summed E-state index contributed by atoms with van der Waals surface area (Å²) < 4.78 is 27.2. The van der Waals surface area contributed by atoms with Crippen molar-refractivity contribution < 1.29 is 13.5 Å². The number of rotatable bonds is 8. The quantitative estimate of drug-likeness (QED) is 0.616. The third kappa shape index (κ3) is 5.24. The summed E-state index contributed by atoms with van der Waals surface area (Å²) in [6.45, 7) is 6.42. The van der Waals surface area contributed by atoms with Crippen LogP contribution in [0.1, 0.15) is 20.8 Å². The van der Waals surface area contributed by atoms with Crippen molar-refractivity contribution in [2.75, 3.05) is 25.9 Å². The zero-order chi connectivity index (χ0) is 16.9. The normalized spacial score (nSPS) is 15.2. The highest BCUT2D eigenvalue weighted by atomic mass is 32.2. The van der Waals surface area contributed by atoms with E-state index in [2.05, 4.69) is 4.72 Å². The smallest absolute Gasteiger partial charge is 0.240 e. The van der Waals surface area contributed by atoms with Gasteiger partial charge in [0.2, 0.25) is 10.0 Å². The Hall–Kier alpha value is -1.15. The molecule has 0 spiro atoms. The Bertz CT molecular complexity index is 558. The number of anilines is 1. The van der Waals surface area contributed by atoms with Gasteiger partial charge in [-0.2, -0.15) is 0 Å². The molecule has 1 aromatic rings. The van der Waals surface area contributed by atoms with Crippen LogP contribution in [-0.4, -0.2) is 50.7 Å². The molecule has 4 N–H and O–H groups in total. The number of benzene rings is 1. The lowest BCUT2D eigenvalue weighted by atomic mass is 10.0. The molecule has 0 fully saturated rings. The zero-order valence-corrected chi connectivity index (χ0v) is 14.5. The average molecular weight is 329 g/mol. The molecule has 1 aromatic carbocycles. The van der Waals surface area contributed by atoms with E-state index in [1.807, 2.05) is 25.8 Å². The van der Waals surface area contributed by atoms with Gasteiger partial charge in [0.15, 0.2) is 0 Å². The maximum atomic E-state index is 12.3. The van der Waals surface area contributed by atoms with E-state index in [1.54, 1.807) is 19.1 Å². The van der Waals surface area contributed by atoms with Gasteiger partial charge in [0.1, 0.15) is 0 Å². The van der Waals surface area contributed by atoms with E-state index in [-0.39, 0.29) is 29.5 Å².